The minimum Gasteiger partial charge on any atom is -0.450 e. The highest BCUT2D eigenvalue weighted by Gasteiger charge is 2.63. The van der Waals surface area contributed by atoms with Crippen molar-refractivity contribution in [2.75, 3.05) is 6.54 Å². The highest BCUT2D eigenvalue weighted by molar-refractivity contribution is 7.99. The first-order chi connectivity index (χ1) is 11.3. The molecule has 4 atom stereocenters. The molecule has 122 valence electrons. The maximum atomic E-state index is 12.0. The Labute approximate surface area is 145 Å². The summed E-state index contributed by atoms with van der Waals surface area (Å²) in [6.07, 6.45) is 7.61. The van der Waals surface area contributed by atoms with Crippen LogP contribution in [0.3, 0.4) is 0 Å². The fourth-order valence-electron chi connectivity index (χ4n) is 5.09. The Morgan fingerprint density at radius 2 is 2.39 bits per heavy atom. The third kappa shape index (κ3) is 2.16. The molecule has 1 aliphatic carbocycles. The van der Waals surface area contributed by atoms with Gasteiger partial charge in [-0.15, -0.1) is 11.3 Å². The van der Waals surface area contributed by atoms with E-state index in [-0.39, 0.29) is 11.6 Å². The molecule has 4 heterocycles. The zero-order valence-corrected chi connectivity index (χ0v) is 14.7. The molecule has 0 amide bonds. The molecule has 2 bridgehead atoms. The number of carbonyl (C=O) groups is 1. The fourth-order valence-corrected chi connectivity index (χ4v) is 7.30. The molecule has 0 radical (unpaired) electrons. The lowest BCUT2D eigenvalue weighted by Gasteiger charge is -2.38. The molecule has 5 rings (SSSR count). The van der Waals surface area contributed by atoms with Crippen LogP contribution in [0.25, 0.3) is 0 Å². The van der Waals surface area contributed by atoms with Gasteiger partial charge >= 0.3 is 5.97 Å². The average molecular weight is 348 g/mol. The number of piperidine rings is 1. The lowest BCUT2D eigenvalue weighted by molar-refractivity contribution is -0.148. The quantitative estimate of drug-likeness (QED) is 0.782. The Kier molecular flexibility index (Phi) is 3.39. The van der Waals surface area contributed by atoms with E-state index < -0.39 is 0 Å². The summed E-state index contributed by atoms with van der Waals surface area (Å²) in [5.74, 6) is 0.988. The summed E-state index contributed by atoms with van der Waals surface area (Å²) < 4.78 is 5.93. The third-order valence-corrected chi connectivity index (χ3v) is 8.45. The number of fused-ring (bicyclic) bond motifs is 3. The molecule has 3 fully saturated rings. The Morgan fingerprint density at radius 3 is 3.26 bits per heavy atom. The van der Waals surface area contributed by atoms with Crippen LogP contribution in [0.1, 0.15) is 37.0 Å². The van der Waals surface area contributed by atoms with Gasteiger partial charge in [-0.2, -0.15) is 11.8 Å². The van der Waals surface area contributed by atoms with Crippen LogP contribution in [0.4, 0.5) is 0 Å². The van der Waals surface area contributed by atoms with E-state index in [1.54, 1.807) is 0 Å². The molecule has 0 aromatic carbocycles. The van der Waals surface area contributed by atoms with E-state index in [9.17, 15) is 4.79 Å². The van der Waals surface area contributed by atoms with E-state index >= 15 is 0 Å². The number of thiophene rings is 1. The molecule has 3 nitrogen and oxygen atoms in total. The number of hydrogen-bond donors (Lipinski definition) is 0. The zero-order valence-electron chi connectivity index (χ0n) is 13.1. The van der Waals surface area contributed by atoms with E-state index in [4.69, 9.17) is 4.74 Å². The SMILES string of the molecule is O=C1C=C2CC(SCc3cccs3)[C@@H]3C[C@@]2(O1)[C@H]1CCCCN31. The van der Waals surface area contributed by atoms with Gasteiger partial charge in [0, 0.05) is 34.4 Å². The number of carbonyl (C=O) groups excluding carboxylic acids is 1. The van der Waals surface area contributed by atoms with Crippen molar-refractivity contribution in [2.45, 2.75) is 60.8 Å². The van der Waals surface area contributed by atoms with Crippen LogP contribution in [-0.4, -0.2) is 40.3 Å². The van der Waals surface area contributed by atoms with E-state index in [1.165, 1.54) is 36.3 Å². The van der Waals surface area contributed by atoms with Crippen LogP contribution in [0.15, 0.2) is 29.2 Å². The van der Waals surface area contributed by atoms with Crippen molar-refractivity contribution < 1.29 is 9.53 Å². The molecular formula is C18H21NO2S2. The van der Waals surface area contributed by atoms with Crippen molar-refractivity contribution in [2.24, 2.45) is 0 Å². The van der Waals surface area contributed by atoms with E-state index in [1.807, 2.05) is 17.4 Å². The Balaban J connectivity index is 1.44. The Morgan fingerprint density at radius 1 is 1.43 bits per heavy atom. The van der Waals surface area contributed by atoms with Crippen LogP contribution in [0.2, 0.25) is 0 Å². The van der Waals surface area contributed by atoms with Crippen molar-refractivity contribution in [1.82, 2.24) is 4.90 Å². The number of hydrogen-bond acceptors (Lipinski definition) is 5. The average Bonchev–Trinajstić information content (AvgIpc) is 3.24. The molecule has 4 aliphatic rings. The standard InChI is InChI=1S/C18H21NO2S2/c20-17-9-12-8-15(23-11-13-4-3-7-22-13)14-10-18(12,21-17)16-5-1-2-6-19(14)16/h3-4,7,9,14-16H,1-2,5-6,8,10-11H2/t14-,15?,16+,18-/m0/s1. The highest BCUT2D eigenvalue weighted by atomic mass is 32.2. The van der Waals surface area contributed by atoms with Crippen LogP contribution >= 0.6 is 23.1 Å². The monoisotopic (exact) mass is 347 g/mol. The topological polar surface area (TPSA) is 29.5 Å². The largest absolute Gasteiger partial charge is 0.450 e. The molecule has 3 aliphatic heterocycles. The molecule has 1 spiro atoms. The minimum absolute atomic E-state index is 0.102. The second kappa shape index (κ2) is 5.36. The number of rotatable bonds is 3. The molecule has 0 N–H and O–H groups in total. The smallest absolute Gasteiger partial charge is 0.331 e. The van der Waals surface area contributed by atoms with Gasteiger partial charge in [-0.25, -0.2) is 4.79 Å². The second-order valence-electron chi connectivity index (χ2n) is 7.13. The second-order valence-corrected chi connectivity index (χ2v) is 9.39. The van der Waals surface area contributed by atoms with Crippen LogP contribution in [-0.2, 0) is 15.3 Å². The Bertz CT molecular complexity index is 656. The summed E-state index contributed by atoms with van der Waals surface area (Å²) in [6.45, 7) is 1.18. The highest BCUT2D eigenvalue weighted by Crippen LogP contribution is 2.56. The first-order valence-corrected chi connectivity index (χ1v) is 10.5. The van der Waals surface area contributed by atoms with Gasteiger partial charge in [0.15, 0.2) is 5.60 Å². The van der Waals surface area contributed by atoms with Crippen molar-refractivity contribution in [3.63, 3.8) is 0 Å². The zero-order chi connectivity index (χ0) is 15.4. The first-order valence-electron chi connectivity index (χ1n) is 8.60. The number of nitrogens with zero attached hydrogens (tertiary/aromatic N) is 1. The van der Waals surface area contributed by atoms with Gasteiger partial charge in [0.25, 0.3) is 0 Å². The third-order valence-electron chi connectivity index (χ3n) is 6.01. The number of ether oxygens (including phenoxy) is 1. The first kappa shape index (κ1) is 14.6. The maximum absolute atomic E-state index is 12.0. The lowest BCUT2D eigenvalue weighted by atomic mass is 9.77. The van der Waals surface area contributed by atoms with Crippen LogP contribution in [0, 0.1) is 0 Å². The minimum atomic E-state index is -0.262. The summed E-state index contributed by atoms with van der Waals surface area (Å²) in [5, 5.41) is 2.75. The Hall–Kier alpha value is -0.780. The van der Waals surface area contributed by atoms with Gasteiger partial charge in [-0.05, 0) is 42.8 Å². The number of thioether (sulfide) groups is 1. The lowest BCUT2D eigenvalue weighted by Crippen LogP contribution is -2.48. The molecule has 1 unspecified atom stereocenters. The molecule has 23 heavy (non-hydrogen) atoms. The normalized spacial score (nSPS) is 38.9. The molecule has 2 saturated heterocycles. The van der Waals surface area contributed by atoms with Gasteiger partial charge in [-0.3, -0.25) is 4.90 Å². The predicted octanol–water partition coefficient (Wildman–Crippen LogP) is 3.60. The van der Waals surface area contributed by atoms with Gasteiger partial charge in [0.2, 0.25) is 0 Å². The van der Waals surface area contributed by atoms with Crippen molar-refractivity contribution in [1.29, 1.82) is 0 Å². The summed E-state index contributed by atoms with van der Waals surface area (Å²) >= 11 is 3.92. The summed E-state index contributed by atoms with van der Waals surface area (Å²) in [6, 6.07) is 5.37. The molecular weight excluding hydrogens is 326 g/mol. The van der Waals surface area contributed by atoms with Gasteiger partial charge in [0.1, 0.15) is 0 Å². The summed E-state index contributed by atoms with van der Waals surface area (Å²) in [4.78, 5) is 16.1. The fraction of sp³-hybridized carbons (Fsp3) is 0.611. The van der Waals surface area contributed by atoms with Crippen molar-refractivity contribution in [3.8, 4) is 0 Å². The number of esters is 1. The van der Waals surface area contributed by atoms with E-state index in [0.29, 0.717) is 17.3 Å². The summed E-state index contributed by atoms with van der Waals surface area (Å²) in [7, 11) is 0. The van der Waals surface area contributed by atoms with E-state index in [2.05, 4.69) is 34.2 Å². The maximum Gasteiger partial charge on any atom is 0.331 e. The molecule has 1 saturated carbocycles. The molecule has 5 heteroatoms. The van der Waals surface area contributed by atoms with Crippen molar-refractivity contribution >= 4 is 29.1 Å². The molecule has 1 aromatic rings. The molecule has 1 aromatic heterocycles. The van der Waals surface area contributed by atoms with Crippen LogP contribution < -0.4 is 0 Å². The van der Waals surface area contributed by atoms with Gasteiger partial charge in [0.05, 0.1) is 6.04 Å². The van der Waals surface area contributed by atoms with Crippen LogP contribution in [0.5, 0.6) is 0 Å². The van der Waals surface area contributed by atoms with Gasteiger partial charge < -0.3 is 4.74 Å². The van der Waals surface area contributed by atoms with Crippen molar-refractivity contribution in [3.05, 3.63) is 34.0 Å². The van der Waals surface area contributed by atoms with Gasteiger partial charge in [-0.1, -0.05) is 12.5 Å². The van der Waals surface area contributed by atoms with E-state index in [0.717, 1.165) is 18.6 Å². The predicted molar refractivity (Wildman–Crippen MR) is 93.7 cm³/mol. The summed E-state index contributed by atoms with van der Waals surface area (Å²) in [5.41, 5.74) is 1.03.